The fraction of sp³-hybridized carbons (Fsp3) is 0.421. The third-order valence-corrected chi connectivity index (χ3v) is 4.61. The molecule has 1 fully saturated rings. The SMILES string of the molecule is Cc1ccc(C(CNC(=O)NCc2cccc(Cl)c2)N2CCOCC2)o1. The van der Waals surface area contributed by atoms with E-state index in [1.165, 1.54) is 0 Å². The summed E-state index contributed by atoms with van der Waals surface area (Å²) in [5.74, 6) is 1.73. The lowest BCUT2D eigenvalue weighted by atomic mass is 10.1. The number of rotatable bonds is 6. The Morgan fingerprint density at radius 1 is 1.23 bits per heavy atom. The van der Waals surface area contributed by atoms with Gasteiger partial charge in [0.15, 0.2) is 0 Å². The smallest absolute Gasteiger partial charge is 0.315 e. The highest BCUT2D eigenvalue weighted by atomic mass is 35.5. The van der Waals surface area contributed by atoms with Gasteiger partial charge in [-0.05, 0) is 36.8 Å². The first-order valence-corrected chi connectivity index (χ1v) is 9.14. The largest absolute Gasteiger partial charge is 0.465 e. The van der Waals surface area contributed by atoms with Crippen molar-refractivity contribution in [3.8, 4) is 0 Å². The van der Waals surface area contributed by atoms with Gasteiger partial charge in [0.2, 0.25) is 0 Å². The van der Waals surface area contributed by atoms with Gasteiger partial charge in [-0.25, -0.2) is 4.79 Å². The van der Waals surface area contributed by atoms with E-state index in [4.69, 9.17) is 20.8 Å². The van der Waals surface area contributed by atoms with Crippen molar-refractivity contribution in [1.29, 1.82) is 0 Å². The number of ether oxygens (including phenoxy) is 1. The Bertz CT molecular complexity index is 728. The molecule has 6 nitrogen and oxygen atoms in total. The van der Waals surface area contributed by atoms with E-state index in [2.05, 4.69) is 15.5 Å². The lowest BCUT2D eigenvalue weighted by Crippen LogP contribution is -2.45. The van der Waals surface area contributed by atoms with Crippen molar-refractivity contribution in [2.45, 2.75) is 19.5 Å². The van der Waals surface area contributed by atoms with Crippen molar-refractivity contribution in [2.24, 2.45) is 0 Å². The highest BCUT2D eigenvalue weighted by Gasteiger charge is 2.25. The average Bonchev–Trinajstić information content (AvgIpc) is 3.07. The van der Waals surface area contributed by atoms with E-state index in [-0.39, 0.29) is 12.1 Å². The molecule has 0 spiro atoms. The summed E-state index contributed by atoms with van der Waals surface area (Å²) >= 11 is 5.96. The van der Waals surface area contributed by atoms with Gasteiger partial charge < -0.3 is 19.8 Å². The molecule has 2 aromatic rings. The van der Waals surface area contributed by atoms with E-state index < -0.39 is 0 Å². The number of carbonyl (C=O) groups is 1. The first-order valence-electron chi connectivity index (χ1n) is 8.76. The molecule has 140 valence electrons. The second-order valence-electron chi connectivity index (χ2n) is 6.31. The lowest BCUT2D eigenvalue weighted by molar-refractivity contribution is 0.0121. The summed E-state index contributed by atoms with van der Waals surface area (Å²) in [6.45, 7) is 5.83. The maximum atomic E-state index is 12.2. The molecule has 2 heterocycles. The number of benzene rings is 1. The molecule has 7 heteroatoms. The van der Waals surface area contributed by atoms with Crippen LogP contribution in [0.15, 0.2) is 40.8 Å². The van der Waals surface area contributed by atoms with Crippen molar-refractivity contribution in [3.05, 3.63) is 58.5 Å². The number of morpholine rings is 1. The molecule has 26 heavy (non-hydrogen) atoms. The lowest BCUT2D eigenvalue weighted by Gasteiger charge is -2.33. The third-order valence-electron chi connectivity index (χ3n) is 4.37. The molecule has 1 aromatic carbocycles. The molecule has 0 saturated carbocycles. The van der Waals surface area contributed by atoms with Crippen molar-refractivity contribution in [2.75, 3.05) is 32.8 Å². The molecule has 3 rings (SSSR count). The topological polar surface area (TPSA) is 66.7 Å². The van der Waals surface area contributed by atoms with Crippen LogP contribution in [0.4, 0.5) is 4.79 Å². The van der Waals surface area contributed by atoms with Crippen LogP contribution in [0.2, 0.25) is 5.02 Å². The molecule has 1 atom stereocenters. The van der Waals surface area contributed by atoms with Crippen molar-refractivity contribution in [3.63, 3.8) is 0 Å². The quantitative estimate of drug-likeness (QED) is 0.811. The minimum absolute atomic E-state index is 0.00970. The molecule has 2 N–H and O–H groups in total. The van der Waals surface area contributed by atoms with Gasteiger partial charge in [-0.2, -0.15) is 0 Å². The van der Waals surface area contributed by atoms with Crippen molar-refractivity contribution in [1.82, 2.24) is 15.5 Å². The van der Waals surface area contributed by atoms with Crippen LogP contribution in [-0.4, -0.2) is 43.8 Å². The van der Waals surface area contributed by atoms with Gasteiger partial charge in [-0.3, -0.25) is 4.90 Å². The number of hydrogen-bond donors (Lipinski definition) is 2. The van der Waals surface area contributed by atoms with E-state index in [1.54, 1.807) is 0 Å². The number of carbonyl (C=O) groups excluding carboxylic acids is 1. The summed E-state index contributed by atoms with van der Waals surface area (Å²) in [4.78, 5) is 14.5. The minimum atomic E-state index is -0.216. The van der Waals surface area contributed by atoms with Gasteiger partial charge in [0.25, 0.3) is 0 Å². The molecule has 1 aliphatic heterocycles. The summed E-state index contributed by atoms with van der Waals surface area (Å²) in [5.41, 5.74) is 0.957. The normalized spacial score (nSPS) is 16.2. The molecule has 0 bridgehead atoms. The van der Waals surface area contributed by atoms with Crippen LogP contribution in [0.5, 0.6) is 0 Å². The molecule has 1 saturated heterocycles. The van der Waals surface area contributed by atoms with Gasteiger partial charge in [0, 0.05) is 31.2 Å². The van der Waals surface area contributed by atoms with Crippen molar-refractivity contribution >= 4 is 17.6 Å². The fourth-order valence-electron chi connectivity index (χ4n) is 3.01. The summed E-state index contributed by atoms with van der Waals surface area (Å²) in [5, 5.41) is 6.46. The third kappa shape index (κ3) is 5.24. The molecule has 0 radical (unpaired) electrons. The van der Waals surface area contributed by atoms with E-state index in [0.29, 0.717) is 31.3 Å². The van der Waals surface area contributed by atoms with Crippen molar-refractivity contribution < 1.29 is 13.9 Å². The Labute approximate surface area is 158 Å². The van der Waals surface area contributed by atoms with E-state index in [0.717, 1.165) is 30.2 Å². The molecule has 0 aliphatic carbocycles. The van der Waals surface area contributed by atoms with Gasteiger partial charge in [0.1, 0.15) is 11.5 Å². The van der Waals surface area contributed by atoms with Crippen LogP contribution in [-0.2, 0) is 11.3 Å². The monoisotopic (exact) mass is 377 g/mol. The number of nitrogens with zero attached hydrogens (tertiary/aromatic N) is 1. The Balaban J connectivity index is 1.55. The van der Waals surface area contributed by atoms with E-state index >= 15 is 0 Å². The highest BCUT2D eigenvalue weighted by molar-refractivity contribution is 6.30. The zero-order valence-electron chi connectivity index (χ0n) is 14.8. The number of aryl methyl sites for hydroxylation is 1. The number of nitrogens with one attached hydrogen (secondary N) is 2. The van der Waals surface area contributed by atoms with Crippen LogP contribution >= 0.6 is 11.6 Å². The first kappa shape index (κ1) is 18.8. The zero-order chi connectivity index (χ0) is 18.4. The van der Waals surface area contributed by atoms with Gasteiger partial charge in [-0.15, -0.1) is 0 Å². The summed E-state index contributed by atoms with van der Waals surface area (Å²) in [6.07, 6.45) is 0. The first-order chi connectivity index (χ1) is 12.6. The molecular formula is C19H24ClN3O3. The minimum Gasteiger partial charge on any atom is -0.465 e. The van der Waals surface area contributed by atoms with Gasteiger partial charge >= 0.3 is 6.03 Å². The maximum absolute atomic E-state index is 12.2. The van der Waals surface area contributed by atoms with Crippen LogP contribution in [0.3, 0.4) is 0 Å². The number of urea groups is 1. The Morgan fingerprint density at radius 2 is 2.04 bits per heavy atom. The summed E-state index contributed by atoms with van der Waals surface area (Å²) in [7, 11) is 0. The van der Waals surface area contributed by atoms with Crippen LogP contribution in [0.25, 0.3) is 0 Å². The Hall–Kier alpha value is -2.02. The highest BCUT2D eigenvalue weighted by Crippen LogP contribution is 2.23. The summed E-state index contributed by atoms with van der Waals surface area (Å²) in [6, 6.07) is 11.1. The predicted molar refractivity (Wildman–Crippen MR) is 100 cm³/mol. The molecular weight excluding hydrogens is 354 g/mol. The zero-order valence-corrected chi connectivity index (χ0v) is 15.6. The maximum Gasteiger partial charge on any atom is 0.315 e. The Morgan fingerprint density at radius 3 is 2.73 bits per heavy atom. The summed E-state index contributed by atoms with van der Waals surface area (Å²) < 4.78 is 11.2. The second kappa shape index (κ2) is 9.07. The molecule has 2 amide bonds. The van der Waals surface area contributed by atoms with Gasteiger partial charge in [0.05, 0.1) is 19.3 Å². The molecule has 1 aliphatic rings. The Kier molecular flexibility index (Phi) is 6.55. The predicted octanol–water partition coefficient (Wildman–Crippen LogP) is 3.11. The van der Waals surface area contributed by atoms with Crippen LogP contribution < -0.4 is 10.6 Å². The molecule has 1 aromatic heterocycles. The van der Waals surface area contributed by atoms with Crippen LogP contribution in [0, 0.1) is 6.92 Å². The molecule has 1 unspecified atom stereocenters. The van der Waals surface area contributed by atoms with E-state index in [9.17, 15) is 4.79 Å². The number of amides is 2. The number of furan rings is 1. The van der Waals surface area contributed by atoms with Crippen LogP contribution in [0.1, 0.15) is 23.1 Å². The standard InChI is InChI=1S/C19H24ClN3O3/c1-14-5-6-18(26-14)17(23-7-9-25-10-8-23)13-22-19(24)21-12-15-3-2-4-16(20)11-15/h2-6,11,17H,7-10,12-13H2,1H3,(H2,21,22,24). The number of halogens is 1. The fourth-order valence-corrected chi connectivity index (χ4v) is 3.23. The van der Waals surface area contributed by atoms with E-state index in [1.807, 2.05) is 43.3 Å². The number of hydrogen-bond acceptors (Lipinski definition) is 4. The second-order valence-corrected chi connectivity index (χ2v) is 6.74. The van der Waals surface area contributed by atoms with Gasteiger partial charge in [-0.1, -0.05) is 23.7 Å². The average molecular weight is 378 g/mol.